The maximum Gasteiger partial charge on any atom is 0.365 e. The summed E-state index contributed by atoms with van der Waals surface area (Å²) in [5.74, 6) is -1.28. The number of benzene rings is 1. The second-order valence-corrected chi connectivity index (χ2v) is 4.66. The third kappa shape index (κ3) is 1.25. The van der Waals surface area contributed by atoms with Crippen LogP contribution in [-0.4, -0.2) is 16.1 Å². The Hall–Kier alpha value is -1.75. The Kier molecular flexibility index (Phi) is 1.85. The highest BCUT2D eigenvalue weighted by Crippen LogP contribution is 2.39. The van der Waals surface area contributed by atoms with Gasteiger partial charge < -0.3 is 5.11 Å². The van der Waals surface area contributed by atoms with E-state index >= 15 is 0 Å². The summed E-state index contributed by atoms with van der Waals surface area (Å²) >= 11 is 1.16. The average molecular weight is 235 g/mol. The Morgan fingerprint density at radius 1 is 1.50 bits per heavy atom. The number of carboxylic acid groups (broad SMARTS) is 1. The van der Waals surface area contributed by atoms with Gasteiger partial charge in [-0.15, -0.1) is 11.3 Å². The quantitative estimate of drug-likeness (QED) is 0.705. The summed E-state index contributed by atoms with van der Waals surface area (Å²) in [6.45, 7) is 0. The van der Waals surface area contributed by atoms with Gasteiger partial charge in [0.2, 0.25) is 5.01 Å². The zero-order valence-electron chi connectivity index (χ0n) is 8.03. The van der Waals surface area contributed by atoms with E-state index in [2.05, 4.69) is 4.98 Å². The second-order valence-electron chi connectivity index (χ2n) is 3.57. The molecule has 2 aromatic rings. The highest BCUT2D eigenvalue weighted by Gasteiger charge is 2.25. The smallest absolute Gasteiger partial charge is 0.365 e. The van der Waals surface area contributed by atoms with Crippen molar-refractivity contribution in [2.45, 2.75) is 6.42 Å². The molecule has 0 aliphatic heterocycles. The lowest BCUT2D eigenvalue weighted by Gasteiger charge is -1.98. The van der Waals surface area contributed by atoms with E-state index in [0.29, 0.717) is 12.1 Å². The monoisotopic (exact) mass is 235 g/mol. The number of aromatic carboxylic acids is 1. The molecule has 1 aromatic carbocycles. The van der Waals surface area contributed by atoms with Crippen LogP contribution in [0.4, 0.5) is 4.39 Å². The van der Waals surface area contributed by atoms with Crippen LogP contribution in [0.2, 0.25) is 0 Å². The highest BCUT2D eigenvalue weighted by molar-refractivity contribution is 7.14. The van der Waals surface area contributed by atoms with Gasteiger partial charge >= 0.3 is 5.97 Å². The van der Waals surface area contributed by atoms with E-state index in [9.17, 15) is 9.18 Å². The molecule has 1 N–H and O–H groups in total. The summed E-state index contributed by atoms with van der Waals surface area (Å²) in [5, 5.41) is 8.92. The van der Waals surface area contributed by atoms with Crippen LogP contribution in [0.1, 0.15) is 20.2 Å². The van der Waals surface area contributed by atoms with E-state index in [0.717, 1.165) is 27.3 Å². The van der Waals surface area contributed by atoms with Crippen LogP contribution < -0.4 is 0 Å². The van der Waals surface area contributed by atoms with Gasteiger partial charge in [0, 0.05) is 16.9 Å². The summed E-state index contributed by atoms with van der Waals surface area (Å²) in [7, 11) is 0. The Balaban J connectivity index is 2.16. The lowest BCUT2D eigenvalue weighted by molar-refractivity contribution is 0.0696. The van der Waals surface area contributed by atoms with Crippen molar-refractivity contribution in [3.8, 4) is 11.3 Å². The third-order valence-electron chi connectivity index (χ3n) is 2.55. The molecule has 0 saturated carbocycles. The molecule has 0 bridgehead atoms. The van der Waals surface area contributed by atoms with Crippen LogP contribution in [0.3, 0.4) is 0 Å². The molecule has 1 heterocycles. The number of thiazole rings is 1. The van der Waals surface area contributed by atoms with Gasteiger partial charge in [-0.1, -0.05) is 0 Å². The number of nitrogens with zero attached hydrogens (tertiary/aromatic N) is 1. The number of hydrogen-bond donors (Lipinski definition) is 1. The Morgan fingerprint density at radius 3 is 3.06 bits per heavy atom. The molecule has 0 unspecified atom stereocenters. The van der Waals surface area contributed by atoms with Gasteiger partial charge in [0.25, 0.3) is 0 Å². The first-order chi connectivity index (χ1) is 7.65. The first-order valence-electron chi connectivity index (χ1n) is 4.67. The Morgan fingerprint density at radius 2 is 2.31 bits per heavy atom. The molecule has 80 valence electrons. The number of hydrogen-bond acceptors (Lipinski definition) is 3. The summed E-state index contributed by atoms with van der Waals surface area (Å²) in [4.78, 5) is 15.7. The van der Waals surface area contributed by atoms with Crippen LogP contribution in [0.15, 0.2) is 18.2 Å². The van der Waals surface area contributed by atoms with Crippen LogP contribution in [-0.2, 0) is 6.42 Å². The summed E-state index contributed by atoms with van der Waals surface area (Å²) in [5.41, 5.74) is 2.42. The van der Waals surface area contributed by atoms with E-state index in [4.69, 9.17) is 5.11 Å². The fraction of sp³-hybridized carbons (Fsp3) is 0.0909. The van der Waals surface area contributed by atoms with E-state index in [-0.39, 0.29) is 10.8 Å². The van der Waals surface area contributed by atoms with Crippen molar-refractivity contribution in [1.82, 2.24) is 4.98 Å². The molecule has 0 atom stereocenters. The molecule has 5 heteroatoms. The van der Waals surface area contributed by atoms with Gasteiger partial charge in [0.05, 0.1) is 5.69 Å². The lowest BCUT2D eigenvalue weighted by atomic mass is 10.1. The topological polar surface area (TPSA) is 50.2 Å². The number of halogens is 1. The number of carboxylic acids is 1. The third-order valence-corrected chi connectivity index (χ3v) is 3.60. The normalized spacial score (nSPS) is 12.3. The molecular weight excluding hydrogens is 229 g/mol. The summed E-state index contributed by atoms with van der Waals surface area (Å²) in [6.07, 6.45) is 0.577. The minimum absolute atomic E-state index is 0.0972. The van der Waals surface area contributed by atoms with Crippen LogP contribution in [0.25, 0.3) is 11.3 Å². The van der Waals surface area contributed by atoms with E-state index in [1.165, 1.54) is 12.1 Å². The molecule has 0 fully saturated rings. The first-order valence-corrected chi connectivity index (χ1v) is 5.48. The van der Waals surface area contributed by atoms with E-state index < -0.39 is 5.97 Å². The molecule has 0 saturated heterocycles. The first kappa shape index (κ1) is 9.47. The fourth-order valence-corrected chi connectivity index (χ4v) is 2.82. The van der Waals surface area contributed by atoms with Gasteiger partial charge in [-0.05, 0) is 23.8 Å². The SMILES string of the molecule is O=C(O)c1nc2c(s1)Cc1cc(F)ccc1-2. The minimum atomic E-state index is -1.01. The van der Waals surface area contributed by atoms with Crippen molar-refractivity contribution in [3.05, 3.63) is 39.5 Å². The molecule has 1 aromatic heterocycles. The number of carbonyl (C=O) groups is 1. The maximum absolute atomic E-state index is 13.0. The van der Waals surface area contributed by atoms with Gasteiger partial charge in [-0.3, -0.25) is 0 Å². The number of aromatic nitrogens is 1. The molecule has 1 aliphatic carbocycles. The largest absolute Gasteiger partial charge is 0.476 e. The Bertz CT molecular complexity index is 606. The molecular formula is C11H6FNO2S. The van der Waals surface area contributed by atoms with Gasteiger partial charge in [0.15, 0.2) is 0 Å². The number of rotatable bonds is 1. The zero-order valence-corrected chi connectivity index (χ0v) is 8.84. The molecule has 0 spiro atoms. The maximum atomic E-state index is 13.0. The van der Waals surface area contributed by atoms with E-state index in [1.54, 1.807) is 6.07 Å². The Labute approximate surface area is 94.2 Å². The molecule has 1 aliphatic rings. The van der Waals surface area contributed by atoms with Crippen molar-refractivity contribution in [3.63, 3.8) is 0 Å². The zero-order chi connectivity index (χ0) is 11.3. The average Bonchev–Trinajstić information content (AvgIpc) is 2.73. The summed E-state index contributed by atoms with van der Waals surface area (Å²) < 4.78 is 13.0. The molecule has 0 radical (unpaired) electrons. The molecule has 3 nitrogen and oxygen atoms in total. The van der Waals surface area contributed by atoms with Crippen molar-refractivity contribution >= 4 is 17.3 Å². The van der Waals surface area contributed by atoms with E-state index in [1.807, 2.05) is 0 Å². The van der Waals surface area contributed by atoms with Gasteiger partial charge in [-0.2, -0.15) is 0 Å². The van der Waals surface area contributed by atoms with Gasteiger partial charge in [-0.25, -0.2) is 14.2 Å². The number of fused-ring (bicyclic) bond motifs is 3. The predicted molar refractivity (Wildman–Crippen MR) is 57.3 cm³/mol. The van der Waals surface area contributed by atoms with Crippen LogP contribution in [0, 0.1) is 5.82 Å². The standard InChI is InChI=1S/C11H6FNO2S/c12-6-1-2-7-5(3-6)4-8-9(7)13-10(16-8)11(14)15/h1-3H,4H2,(H,14,15). The van der Waals surface area contributed by atoms with Crippen molar-refractivity contribution < 1.29 is 14.3 Å². The second kappa shape index (κ2) is 3.12. The van der Waals surface area contributed by atoms with Crippen LogP contribution in [0.5, 0.6) is 0 Å². The summed E-state index contributed by atoms with van der Waals surface area (Å²) in [6, 6.07) is 4.50. The van der Waals surface area contributed by atoms with Gasteiger partial charge in [0.1, 0.15) is 5.82 Å². The van der Waals surface area contributed by atoms with Crippen molar-refractivity contribution in [2.24, 2.45) is 0 Å². The predicted octanol–water partition coefficient (Wildman–Crippen LogP) is 2.55. The van der Waals surface area contributed by atoms with Crippen molar-refractivity contribution in [2.75, 3.05) is 0 Å². The highest BCUT2D eigenvalue weighted by atomic mass is 32.1. The fourth-order valence-electron chi connectivity index (χ4n) is 1.89. The molecule has 16 heavy (non-hydrogen) atoms. The lowest BCUT2D eigenvalue weighted by Crippen LogP contribution is -1.94. The van der Waals surface area contributed by atoms with Crippen molar-refractivity contribution in [1.29, 1.82) is 0 Å². The van der Waals surface area contributed by atoms with Crippen LogP contribution >= 0.6 is 11.3 Å². The minimum Gasteiger partial charge on any atom is -0.476 e. The molecule has 0 amide bonds. The molecule has 3 rings (SSSR count).